The van der Waals surface area contributed by atoms with Crippen molar-refractivity contribution >= 4 is 21.6 Å². The Hall–Kier alpha value is -3.20. The predicted molar refractivity (Wildman–Crippen MR) is 124 cm³/mol. The summed E-state index contributed by atoms with van der Waals surface area (Å²) in [5.74, 6) is 0.207. The molecule has 0 saturated heterocycles. The standard InChI is InChI=1S/C24H26N2O5S/c1-30-18-16-25-32(28,29)21-13-11-20(12-14-21)24(27)26-22-9-5-6-10-23(22)31-17-15-19-7-3-2-4-8-19/h2-14,25H,15-18H2,1H3,(H,26,27). The van der Waals surface area contributed by atoms with Crippen molar-refractivity contribution in [1.29, 1.82) is 0 Å². The molecule has 1 amide bonds. The molecule has 0 unspecified atom stereocenters. The normalized spacial score (nSPS) is 11.2. The molecule has 0 heterocycles. The first kappa shape index (κ1) is 23.5. The van der Waals surface area contributed by atoms with E-state index in [9.17, 15) is 13.2 Å². The van der Waals surface area contributed by atoms with Crippen LogP contribution in [0.5, 0.6) is 5.75 Å². The van der Waals surface area contributed by atoms with Gasteiger partial charge in [0.1, 0.15) is 5.75 Å². The summed E-state index contributed by atoms with van der Waals surface area (Å²) >= 11 is 0. The average molecular weight is 455 g/mol. The summed E-state index contributed by atoms with van der Waals surface area (Å²) in [4.78, 5) is 12.8. The second-order valence-electron chi connectivity index (χ2n) is 6.95. The number of para-hydroxylation sites is 2. The van der Waals surface area contributed by atoms with Gasteiger partial charge in [0.15, 0.2) is 0 Å². The predicted octanol–water partition coefficient (Wildman–Crippen LogP) is 3.49. The van der Waals surface area contributed by atoms with Gasteiger partial charge in [-0.25, -0.2) is 13.1 Å². The minimum Gasteiger partial charge on any atom is -0.491 e. The average Bonchev–Trinajstić information content (AvgIpc) is 2.81. The Balaban J connectivity index is 1.62. The second-order valence-corrected chi connectivity index (χ2v) is 8.72. The number of amides is 1. The lowest BCUT2D eigenvalue weighted by Crippen LogP contribution is -2.27. The van der Waals surface area contributed by atoms with Crippen LogP contribution in [0.25, 0.3) is 0 Å². The maximum Gasteiger partial charge on any atom is 0.255 e. The summed E-state index contributed by atoms with van der Waals surface area (Å²) in [6.45, 7) is 0.911. The minimum absolute atomic E-state index is 0.0785. The first-order valence-electron chi connectivity index (χ1n) is 10.2. The number of carbonyl (C=O) groups excluding carboxylic acids is 1. The van der Waals surface area contributed by atoms with Crippen LogP contribution >= 0.6 is 0 Å². The maximum atomic E-state index is 12.7. The van der Waals surface area contributed by atoms with Gasteiger partial charge in [-0.1, -0.05) is 42.5 Å². The Morgan fingerprint density at radius 1 is 0.875 bits per heavy atom. The number of benzene rings is 3. The van der Waals surface area contributed by atoms with Crippen molar-refractivity contribution < 1.29 is 22.7 Å². The van der Waals surface area contributed by atoms with Gasteiger partial charge in [-0.05, 0) is 42.0 Å². The molecule has 0 radical (unpaired) electrons. The van der Waals surface area contributed by atoms with E-state index in [1.54, 1.807) is 18.2 Å². The zero-order valence-corrected chi connectivity index (χ0v) is 18.6. The number of hydrogen-bond acceptors (Lipinski definition) is 5. The zero-order chi connectivity index (χ0) is 22.8. The highest BCUT2D eigenvalue weighted by atomic mass is 32.2. The van der Waals surface area contributed by atoms with E-state index in [1.165, 1.54) is 36.9 Å². The number of sulfonamides is 1. The zero-order valence-electron chi connectivity index (χ0n) is 17.8. The van der Waals surface area contributed by atoms with Gasteiger partial charge in [0, 0.05) is 25.6 Å². The second kappa shape index (κ2) is 11.4. The van der Waals surface area contributed by atoms with Gasteiger partial charge < -0.3 is 14.8 Å². The molecule has 0 spiro atoms. The fourth-order valence-electron chi connectivity index (χ4n) is 2.96. The van der Waals surface area contributed by atoms with Gasteiger partial charge in [-0.2, -0.15) is 0 Å². The van der Waals surface area contributed by atoms with Gasteiger partial charge in [0.2, 0.25) is 10.0 Å². The highest BCUT2D eigenvalue weighted by molar-refractivity contribution is 7.89. The molecule has 0 saturated carbocycles. The molecule has 0 fully saturated rings. The van der Waals surface area contributed by atoms with Gasteiger partial charge in [-0.15, -0.1) is 0 Å². The molecule has 0 aromatic heterocycles. The molecule has 3 rings (SSSR count). The summed E-state index contributed by atoms with van der Waals surface area (Å²) in [5.41, 5.74) is 2.05. The Morgan fingerprint density at radius 3 is 2.28 bits per heavy atom. The highest BCUT2D eigenvalue weighted by Crippen LogP contribution is 2.25. The van der Waals surface area contributed by atoms with Crippen LogP contribution in [0.4, 0.5) is 5.69 Å². The third-order valence-corrected chi connectivity index (χ3v) is 6.13. The summed E-state index contributed by atoms with van der Waals surface area (Å²) in [6, 6.07) is 22.9. The molecule has 3 aromatic rings. The topological polar surface area (TPSA) is 93.7 Å². The number of methoxy groups -OCH3 is 1. The van der Waals surface area contributed by atoms with E-state index in [0.717, 1.165) is 6.42 Å². The molecule has 32 heavy (non-hydrogen) atoms. The first-order chi connectivity index (χ1) is 15.5. The Bertz CT molecular complexity index is 1120. The van der Waals surface area contributed by atoms with Gasteiger partial charge in [0.05, 0.1) is 23.8 Å². The molecule has 0 bridgehead atoms. The van der Waals surface area contributed by atoms with Crippen molar-refractivity contribution in [3.63, 3.8) is 0 Å². The minimum atomic E-state index is -3.66. The van der Waals surface area contributed by atoms with Gasteiger partial charge in [0.25, 0.3) is 5.91 Å². The quantitative estimate of drug-likeness (QED) is 0.433. The van der Waals surface area contributed by atoms with E-state index in [-0.39, 0.29) is 24.0 Å². The lowest BCUT2D eigenvalue weighted by Gasteiger charge is -2.13. The first-order valence-corrected chi connectivity index (χ1v) is 11.6. The Morgan fingerprint density at radius 2 is 1.56 bits per heavy atom. The van der Waals surface area contributed by atoms with Crippen LogP contribution in [-0.2, 0) is 21.2 Å². The summed E-state index contributed by atoms with van der Waals surface area (Å²) < 4.78 is 37.6. The molecule has 2 N–H and O–H groups in total. The molecule has 0 aliphatic rings. The third-order valence-electron chi connectivity index (χ3n) is 4.65. The number of anilines is 1. The van der Waals surface area contributed by atoms with Crippen LogP contribution in [0.1, 0.15) is 15.9 Å². The summed E-state index contributed by atoms with van der Waals surface area (Å²) in [6.07, 6.45) is 0.747. The fraction of sp³-hybridized carbons (Fsp3) is 0.208. The summed E-state index contributed by atoms with van der Waals surface area (Å²) in [7, 11) is -2.16. The van der Waals surface area contributed by atoms with Crippen molar-refractivity contribution in [3.8, 4) is 5.75 Å². The largest absolute Gasteiger partial charge is 0.491 e. The molecule has 168 valence electrons. The van der Waals surface area contributed by atoms with Crippen LogP contribution in [0.15, 0.2) is 83.8 Å². The number of hydrogen-bond donors (Lipinski definition) is 2. The van der Waals surface area contributed by atoms with Gasteiger partial charge >= 0.3 is 0 Å². The van der Waals surface area contributed by atoms with E-state index >= 15 is 0 Å². The van der Waals surface area contributed by atoms with E-state index in [1.807, 2.05) is 36.4 Å². The van der Waals surface area contributed by atoms with Crippen molar-refractivity contribution in [2.45, 2.75) is 11.3 Å². The molecule has 0 aliphatic carbocycles. The van der Waals surface area contributed by atoms with E-state index < -0.39 is 10.0 Å². The Kier molecular flexibility index (Phi) is 8.38. The Labute approximate surface area is 188 Å². The molecule has 0 aliphatic heterocycles. The lowest BCUT2D eigenvalue weighted by molar-refractivity contribution is 0.102. The molecular formula is C24H26N2O5S. The monoisotopic (exact) mass is 454 g/mol. The van der Waals surface area contributed by atoms with Crippen LogP contribution in [0.2, 0.25) is 0 Å². The van der Waals surface area contributed by atoms with Crippen molar-refractivity contribution in [2.24, 2.45) is 0 Å². The van der Waals surface area contributed by atoms with Crippen molar-refractivity contribution in [2.75, 3.05) is 32.2 Å². The lowest BCUT2D eigenvalue weighted by atomic mass is 10.2. The summed E-state index contributed by atoms with van der Waals surface area (Å²) in [5, 5.41) is 2.83. The SMILES string of the molecule is COCCNS(=O)(=O)c1ccc(C(=O)Nc2ccccc2OCCc2ccccc2)cc1. The van der Waals surface area contributed by atoms with E-state index in [0.29, 0.717) is 23.6 Å². The molecule has 7 nitrogen and oxygen atoms in total. The molecule has 0 atom stereocenters. The fourth-order valence-corrected chi connectivity index (χ4v) is 3.97. The number of rotatable bonds is 11. The number of ether oxygens (including phenoxy) is 2. The molecule has 3 aromatic carbocycles. The van der Waals surface area contributed by atoms with Crippen LogP contribution in [0, 0.1) is 0 Å². The smallest absolute Gasteiger partial charge is 0.255 e. The molecular weight excluding hydrogens is 428 g/mol. The van der Waals surface area contributed by atoms with E-state index in [2.05, 4.69) is 10.0 Å². The highest BCUT2D eigenvalue weighted by Gasteiger charge is 2.15. The number of nitrogens with one attached hydrogen (secondary N) is 2. The van der Waals surface area contributed by atoms with Crippen LogP contribution in [-0.4, -0.2) is 41.2 Å². The third kappa shape index (κ3) is 6.65. The van der Waals surface area contributed by atoms with Crippen LogP contribution < -0.4 is 14.8 Å². The van der Waals surface area contributed by atoms with E-state index in [4.69, 9.17) is 9.47 Å². The molecule has 8 heteroatoms. The maximum absolute atomic E-state index is 12.7. The number of carbonyl (C=O) groups is 1. The van der Waals surface area contributed by atoms with Crippen molar-refractivity contribution in [1.82, 2.24) is 4.72 Å². The van der Waals surface area contributed by atoms with Crippen LogP contribution in [0.3, 0.4) is 0 Å². The van der Waals surface area contributed by atoms with Gasteiger partial charge in [-0.3, -0.25) is 4.79 Å². The van der Waals surface area contributed by atoms with Crippen molar-refractivity contribution in [3.05, 3.63) is 90.0 Å².